The summed E-state index contributed by atoms with van der Waals surface area (Å²) >= 11 is 0. The third kappa shape index (κ3) is 3.91. The van der Waals surface area contributed by atoms with Crippen LogP contribution in [-0.4, -0.2) is 6.61 Å². The number of anilines is 3. The molecule has 2 aromatic carbocycles. The van der Waals surface area contributed by atoms with Crippen LogP contribution in [-0.2, 0) is 6.42 Å². The minimum atomic E-state index is 0.664. The summed E-state index contributed by atoms with van der Waals surface area (Å²) in [7, 11) is 0. The van der Waals surface area contributed by atoms with Crippen LogP contribution in [0.2, 0.25) is 0 Å². The third-order valence-corrected chi connectivity index (χ3v) is 3.33. The highest BCUT2D eigenvalue weighted by atomic mass is 16.5. The maximum atomic E-state index is 6.21. The highest BCUT2D eigenvalue weighted by Crippen LogP contribution is 2.32. The summed E-state index contributed by atoms with van der Waals surface area (Å²) in [6.45, 7) is 4.95. The van der Waals surface area contributed by atoms with Gasteiger partial charge >= 0.3 is 0 Å². The standard InChI is InChI=1S/C18H24N2O/c1-3-8-14-9-5-6-10-15(14)20-16-11-7-12-17(18(16)19)21-13-4-2/h5-7,9-12,20H,3-4,8,13,19H2,1-2H3. The molecule has 2 aromatic rings. The van der Waals surface area contributed by atoms with Gasteiger partial charge in [-0.1, -0.05) is 44.5 Å². The minimum Gasteiger partial charge on any atom is -0.491 e. The molecule has 0 aromatic heterocycles. The van der Waals surface area contributed by atoms with Crippen molar-refractivity contribution in [2.75, 3.05) is 17.7 Å². The summed E-state index contributed by atoms with van der Waals surface area (Å²) in [6.07, 6.45) is 3.14. The highest BCUT2D eigenvalue weighted by Gasteiger charge is 2.08. The van der Waals surface area contributed by atoms with E-state index >= 15 is 0 Å². The summed E-state index contributed by atoms with van der Waals surface area (Å²) in [6, 6.07) is 14.2. The number of ether oxygens (including phenoxy) is 1. The Morgan fingerprint density at radius 3 is 2.48 bits per heavy atom. The lowest BCUT2D eigenvalue weighted by Crippen LogP contribution is -2.03. The SMILES string of the molecule is CCCOc1cccc(Nc2ccccc2CCC)c1N. The van der Waals surface area contributed by atoms with Crippen molar-refractivity contribution in [3.8, 4) is 5.75 Å². The fourth-order valence-electron chi connectivity index (χ4n) is 2.27. The van der Waals surface area contributed by atoms with E-state index in [1.54, 1.807) is 0 Å². The van der Waals surface area contributed by atoms with Crippen molar-refractivity contribution in [1.82, 2.24) is 0 Å². The normalized spacial score (nSPS) is 10.4. The van der Waals surface area contributed by atoms with Gasteiger partial charge in [0.05, 0.1) is 18.0 Å². The van der Waals surface area contributed by atoms with E-state index in [1.807, 2.05) is 24.3 Å². The van der Waals surface area contributed by atoms with E-state index in [9.17, 15) is 0 Å². The average molecular weight is 284 g/mol. The Morgan fingerprint density at radius 1 is 0.952 bits per heavy atom. The van der Waals surface area contributed by atoms with Gasteiger partial charge in [-0.2, -0.15) is 0 Å². The molecular formula is C18H24N2O. The zero-order chi connectivity index (χ0) is 15.1. The Bertz CT molecular complexity index is 581. The van der Waals surface area contributed by atoms with Gasteiger partial charge in [-0.15, -0.1) is 0 Å². The van der Waals surface area contributed by atoms with Crippen molar-refractivity contribution in [2.45, 2.75) is 33.1 Å². The molecule has 0 aliphatic carbocycles. The van der Waals surface area contributed by atoms with Crippen molar-refractivity contribution in [3.05, 3.63) is 48.0 Å². The van der Waals surface area contributed by atoms with Crippen molar-refractivity contribution < 1.29 is 4.74 Å². The van der Waals surface area contributed by atoms with Crippen molar-refractivity contribution in [1.29, 1.82) is 0 Å². The molecule has 0 radical (unpaired) electrons. The van der Waals surface area contributed by atoms with Gasteiger partial charge in [0.1, 0.15) is 5.75 Å². The summed E-state index contributed by atoms with van der Waals surface area (Å²) in [5.41, 5.74) is 10.2. The van der Waals surface area contributed by atoms with Crippen LogP contribution in [0, 0.1) is 0 Å². The highest BCUT2D eigenvalue weighted by molar-refractivity contribution is 5.78. The van der Waals surface area contributed by atoms with Crippen LogP contribution in [0.5, 0.6) is 5.75 Å². The van der Waals surface area contributed by atoms with Crippen molar-refractivity contribution in [2.24, 2.45) is 0 Å². The molecule has 0 bridgehead atoms. The summed E-state index contributed by atoms with van der Waals surface area (Å²) < 4.78 is 5.68. The largest absolute Gasteiger partial charge is 0.491 e. The molecule has 112 valence electrons. The topological polar surface area (TPSA) is 47.3 Å². The molecular weight excluding hydrogens is 260 g/mol. The van der Waals surface area contributed by atoms with Gasteiger partial charge < -0.3 is 15.8 Å². The van der Waals surface area contributed by atoms with Crippen LogP contribution in [0.4, 0.5) is 17.1 Å². The maximum absolute atomic E-state index is 6.21. The zero-order valence-corrected chi connectivity index (χ0v) is 12.9. The Hall–Kier alpha value is -2.16. The molecule has 21 heavy (non-hydrogen) atoms. The molecule has 0 spiro atoms. The van der Waals surface area contributed by atoms with Gasteiger partial charge in [-0.3, -0.25) is 0 Å². The van der Waals surface area contributed by atoms with Gasteiger partial charge in [0.2, 0.25) is 0 Å². The lowest BCUT2D eigenvalue weighted by Gasteiger charge is -2.15. The van der Waals surface area contributed by atoms with Crippen LogP contribution in [0.3, 0.4) is 0 Å². The Morgan fingerprint density at radius 2 is 1.71 bits per heavy atom. The van der Waals surface area contributed by atoms with Crippen LogP contribution in [0.15, 0.2) is 42.5 Å². The lowest BCUT2D eigenvalue weighted by atomic mass is 10.1. The Labute approximate surface area is 127 Å². The number of rotatable bonds is 7. The van der Waals surface area contributed by atoms with Crippen LogP contribution >= 0.6 is 0 Å². The molecule has 0 aliphatic rings. The molecule has 0 atom stereocenters. The number of hydrogen-bond acceptors (Lipinski definition) is 3. The predicted octanol–water partition coefficient (Wildman–Crippen LogP) is 4.75. The van der Waals surface area contributed by atoms with Gasteiger partial charge in [-0.25, -0.2) is 0 Å². The summed E-state index contributed by atoms with van der Waals surface area (Å²) in [5.74, 6) is 0.745. The predicted molar refractivity (Wildman–Crippen MR) is 90.4 cm³/mol. The first kappa shape index (κ1) is 15.2. The molecule has 3 N–H and O–H groups in total. The number of para-hydroxylation sites is 2. The van der Waals surface area contributed by atoms with Gasteiger partial charge in [0, 0.05) is 5.69 Å². The van der Waals surface area contributed by atoms with Crippen LogP contribution < -0.4 is 15.8 Å². The first-order valence-electron chi connectivity index (χ1n) is 7.62. The van der Waals surface area contributed by atoms with Gasteiger partial charge in [-0.05, 0) is 36.6 Å². The third-order valence-electron chi connectivity index (χ3n) is 3.33. The number of aryl methyl sites for hydroxylation is 1. The lowest BCUT2D eigenvalue weighted by molar-refractivity contribution is 0.319. The smallest absolute Gasteiger partial charge is 0.144 e. The first-order valence-corrected chi connectivity index (χ1v) is 7.62. The van der Waals surface area contributed by atoms with Crippen LogP contribution in [0.1, 0.15) is 32.3 Å². The number of nitrogen functional groups attached to an aromatic ring is 1. The van der Waals surface area contributed by atoms with Gasteiger partial charge in [0.25, 0.3) is 0 Å². The second-order valence-corrected chi connectivity index (χ2v) is 5.10. The summed E-state index contributed by atoms with van der Waals surface area (Å²) in [4.78, 5) is 0. The van der Waals surface area contributed by atoms with Crippen LogP contribution in [0.25, 0.3) is 0 Å². The van der Waals surface area contributed by atoms with Crippen molar-refractivity contribution >= 4 is 17.1 Å². The molecule has 0 fully saturated rings. The van der Waals surface area contributed by atoms with E-state index in [4.69, 9.17) is 10.5 Å². The molecule has 0 heterocycles. The molecule has 0 aliphatic heterocycles. The van der Waals surface area contributed by atoms with E-state index in [0.29, 0.717) is 12.3 Å². The van der Waals surface area contributed by atoms with Gasteiger partial charge in [0.15, 0.2) is 0 Å². The molecule has 2 rings (SSSR count). The number of nitrogens with two attached hydrogens (primary N) is 1. The van der Waals surface area contributed by atoms with E-state index in [1.165, 1.54) is 5.56 Å². The van der Waals surface area contributed by atoms with E-state index in [-0.39, 0.29) is 0 Å². The van der Waals surface area contributed by atoms with Crippen molar-refractivity contribution in [3.63, 3.8) is 0 Å². The van der Waals surface area contributed by atoms with E-state index < -0.39 is 0 Å². The fraction of sp³-hybridized carbons (Fsp3) is 0.333. The molecule has 0 saturated heterocycles. The molecule has 0 saturated carbocycles. The quantitative estimate of drug-likeness (QED) is 0.721. The number of nitrogens with one attached hydrogen (secondary N) is 1. The second kappa shape index (κ2) is 7.58. The molecule has 0 unspecified atom stereocenters. The average Bonchev–Trinajstić information content (AvgIpc) is 2.50. The monoisotopic (exact) mass is 284 g/mol. The minimum absolute atomic E-state index is 0.664. The fourth-order valence-corrected chi connectivity index (χ4v) is 2.27. The number of benzene rings is 2. The molecule has 3 nitrogen and oxygen atoms in total. The second-order valence-electron chi connectivity index (χ2n) is 5.10. The maximum Gasteiger partial charge on any atom is 0.144 e. The number of hydrogen-bond donors (Lipinski definition) is 2. The Kier molecular flexibility index (Phi) is 5.50. The van der Waals surface area contributed by atoms with E-state index in [2.05, 4.69) is 37.4 Å². The van der Waals surface area contributed by atoms with E-state index in [0.717, 1.165) is 36.4 Å². The first-order chi connectivity index (χ1) is 10.3. The Balaban J connectivity index is 2.23. The molecule has 0 amide bonds. The zero-order valence-electron chi connectivity index (χ0n) is 12.9. The summed E-state index contributed by atoms with van der Waals surface area (Å²) in [5, 5.41) is 3.44. The molecule has 3 heteroatoms.